The predicted molar refractivity (Wildman–Crippen MR) is 90.0 cm³/mol. The molecule has 1 unspecified atom stereocenters. The van der Waals surface area contributed by atoms with Crippen molar-refractivity contribution in [2.45, 2.75) is 13.2 Å². The molecule has 2 heterocycles. The van der Waals surface area contributed by atoms with Crippen molar-refractivity contribution in [1.82, 2.24) is 9.55 Å². The Bertz CT molecular complexity index is 1060. The lowest BCUT2D eigenvalue weighted by atomic mass is 9.98. The second kappa shape index (κ2) is 5.65. The largest absolute Gasteiger partial charge is 0.365 e. The zero-order valence-corrected chi connectivity index (χ0v) is 13.3. The van der Waals surface area contributed by atoms with Gasteiger partial charge in [0.25, 0.3) is 0 Å². The molecule has 1 aliphatic heterocycles. The van der Waals surface area contributed by atoms with Gasteiger partial charge in [0.2, 0.25) is 6.23 Å². The summed E-state index contributed by atoms with van der Waals surface area (Å²) >= 11 is 0. The molecule has 0 amide bonds. The first-order valence-electron chi connectivity index (χ1n) is 7.70. The molecule has 0 fully saturated rings. The topological polar surface area (TPSA) is 74.2 Å². The van der Waals surface area contributed by atoms with Gasteiger partial charge in [-0.1, -0.05) is 12.1 Å². The Morgan fingerprint density at radius 2 is 2.00 bits per heavy atom. The molecule has 0 spiro atoms. The summed E-state index contributed by atoms with van der Waals surface area (Å²) in [5.41, 5.74) is 2.97. The van der Waals surface area contributed by atoms with Gasteiger partial charge in [0.05, 0.1) is 28.7 Å². The van der Waals surface area contributed by atoms with Gasteiger partial charge >= 0.3 is 0 Å². The van der Waals surface area contributed by atoms with Crippen molar-refractivity contribution < 1.29 is 9.50 Å². The number of halogens is 1. The van der Waals surface area contributed by atoms with Gasteiger partial charge < -0.3 is 5.11 Å². The van der Waals surface area contributed by atoms with E-state index in [1.165, 1.54) is 6.07 Å². The summed E-state index contributed by atoms with van der Waals surface area (Å²) in [5.74, 6) is -0.0905. The molecule has 0 bridgehead atoms. The average molecular weight is 332 g/mol. The van der Waals surface area contributed by atoms with Crippen LogP contribution in [0.15, 0.2) is 53.7 Å². The quantitative estimate of drug-likeness (QED) is 0.744. The van der Waals surface area contributed by atoms with Gasteiger partial charge in [0.15, 0.2) is 5.82 Å². The summed E-state index contributed by atoms with van der Waals surface area (Å²) in [4.78, 5) is 8.65. The first-order valence-corrected chi connectivity index (χ1v) is 7.70. The zero-order valence-electron chi connectivity index (χ0n) is 13.3. The number of benzene rings is 2. The SMILES string of the molecule is Cc1cn2c(n1)C(O)N=C(c1ccccc1F)c1cc(C#N)ccc1-2. The molecule has 0 saturated heterocycles. The number of nitriles is 1. The highest BCUT2D eigenvalue weighted by Crippen LogP contribution is 2.30. The van der Waals surface area contributed by atoms with Crippen LogP contribution in [0.4, 0.5) is 4.39 Å². The fourth-order valence-electron chi connectivity index (χ4n) is 3.01. The molecular formula is C19H13FN4O. The van der Waals surface area contributed by atoms with E-state index < -0.39 is 12.0 Å². The van der Waals surface area contributed by atoms with E-state index in [0.29, 0.717) is 28.4 Å². The molecule has 0 aliphatic carbocycles. The van der Waals surface area contributed by atoms with E-state index in [1.54, 1.807) is 47.2 Å². The van der Waals surface area contributed by atoms with Crippen molar-refractivity contribution in [3.8, 4) is 11.8 Å². The normalized spacial score (nSPS) is 15.6. The monoisotopic (exact) mass is 332 g/mol. The van der Waals surface area contributed by atoms with Gasteiger partial charge in [0.1, 0.15) is 5.82 Å². The highest BCUT2D eigenvalue weighted by Gasteiger charge is 2.26. The molecule has 0 saturated carbocycles. The molecule has 3 aromatic rings. The van der Waals surface area contributed by atoms with Crippen molar-refractivity contribution in [3.05, 3.63) is 82.7 Å². The van der Waals surface area contributed by atoms with Crippen LogP contribution in [0.25, 0.3) is 5.69 Å². The Morgan fingerprint density at radius 1 is 1.20 bits per heavy atom. The van der Waals surface area contributed by atoms with Crippen molar-refractivity contribution in [3.63, 3.8) is 0 Å². The van der Waals surface area contributed by atoms with Crippen LogP contribution in [0, 0.1) is 24.1 Å². The van der Waals surface area contributed by atoms with Gasteiger partial charge in [-0.25, -0.2) is 14.4 Å². The molecule has 0 radical (unpaired) electrons. The Balaban J connectivity index is 2.06. The summed E-state index contributed by atoms with van der Waals surface area (Å²) < 4.78 is 16.1. The van der Waals surface area contributed by atoms with Crippen LogP contribution in [0.3, 0.4) is 0 Å². The maximum Gasteiger partial charge on any atom is 0.205 e. The minimum absolute atomic E-state index is 0.264. The maximum absolute atomic E-state index is 14.4. The van der Waals surface area contributed by atoms with Crippen molar-refractivity contribution in [1.29, 1.82) is 5.26 Å². The number of aryl methyl sites for hydroxylation is 1. The standard InChI is InChI=1S/C19H13FN4O/c1-11-10-24-16-7-6-12(9-21)8-14(16)17(23-19(25)18(24)22-11)13-4-2-3-5-15(13)20/h2-8,10,19,25H,1H3. The molecule has 5 nitrogen and oxygen atoms in total. The number of rotatable bonds is 1. The van der Waals surface area contributed by atoms with Gasteiger partial charge in [-0.2, -0.15) is 5.26 Å². The van der Waals surface area contributed by atoms with E-state index in [4.69, 9.17) is 0 Å². The third-order valence-electron chi connectivity index (χ3n) is 4.11. The summed E-state index contributed by atoms with van der Waals surface area (Å²) in [6.07, 6.45) is 0.546. The van der Waals surface area contributed by atoms with Gasteiger partial charge in [-0.15, -0.1) is 0 Å². The highest BCUT2D eigenvalue weighted by molar-refractivity contribution is 6.15. The molecular weight excluding hydrogens is 319 g/mol. The number of aromatic nitrogens is 2. The number of aliphatic imine (C=N–C) groups is 1. The lowest BCUT2D eigenvalue weighted by Gasteiger charge is -2.12. The lowest BCUT2D eigenvalue weighted by molar-refractivity contribution is 0.177. The molecule has 25 heavy (non-hydrogen) atoms. The van der Waals surface area contributed by atoms with E-state index in [2.05, 4.69) is 16.0 Å². The van der Waals surface area contributed by atoms with Crippen LogP contribution in [-0.2, 0) is 0 Å². The molecule has 6 heteroatoms. The molecule has 122 valence electrons. The molecule has 1 atom stereocenters. The van der Waals surface area contributed by atoms with Crippen LogP contribution >= 0.6 is 0 Å². The van der Waals surface area contributed by atoms with Crippen molar-refractivity contribution in [2.75, 3.05) is 0 Å². The summed E-state index contributed by atoms with van der Waals surface area (Å²) in [7, 11) is 0. The second-order valence-electron chi connectivity index (χ2n) is 5.79. The molecule has 2 aromatic carbocycles. The number of hydrogen-bond donors (Lipinski definition) is 1. The second-order valence-corrected chi connectivity index (χ2v) is 5.79. The summed E-state index contributed by atoms with van der Waals surface area (Å²) in [5, 5.41) is 19.8. The number of fused-ring (bicyclic) bond motifs is 3. The smallest absolute Gasteiger partial charge is 0.205 e. The maximum atomic E-state index is 14.4. The van der Waals surface area contributed by atoms with E-state index >= 15 is 0 Å². The summed E-state index contributed by atoms with van der Waals surface area (Å²) in [6, 6.07) is 13.4. The van der Waals surface area contributed by atoms with Gasteiger partial charge in [-0.05, 0) is 37.3 Å². The summed E-state index contributed by atoms with van der Waals surface area (Å²) in [6.45, 7) is 1.82. The number of imidazole rings is 1. The fourth-order valence-corrected chi connectivity index (χ4v) is 3.01. The van der Waals surface area contributed by atoms with Crippen LogP contribution in [0.2, 0.25) is 0 Å². The van der Waals surface area contributed by atoms with Crippen LogP contribution in [-0.4, -0.2) is 20.4 Å². The van der Waals surface area contributed by atoms with Crippen molar-refractivity contribution in [2.24, 2.45) is 4.99 Å². The zero-order chi connectivity index (χ0) is 17.6. The van der Waals surface area contributed by atoms with Gasteiger partial charge in [0, 0.05) is 17.3 Å². The first kappa shape index (κ1) is 15.2. The van der Waals surface area contributed by atoms with Crippen LogP contribution < -0.4 is 0 Å². The minimum atomic E-state index is -1.23. The van der Waals surface area contributed by atoms with Crippen LogP contribution in [0.1, 0.15) is 34.4 Å². The van der Waals surface area contributed by atoms with E-state index in [0.717, 1.165) is 5.69 Å². The Kier molecular flexibility index (Phi) is 3.45. The van der Waals surface area contributed by atoms with Gasteiger partial charge in [-0.3, -0.25) is 4.57 Å². The number of aliphatic hydroxyl groups is 1. The Labute approximate surface area is 143 Å². The first-order chi connectivity index (χ1) is 12.1. The van der Waals surface area contributed by atoms with E-state index in [9.17, 15) is 14.8 Å². The van der Waals surface area contributed by atoms with E-state index in [1.807, 2.05) is 6.92 Å². The number of aliphatic hydroxyl groups excluding tert-OH is 1. The van der Waals surface area contributed by atoms with E-state index in [-0.39, 0.29) is 5.56 Å². The number of hydrogen-bond acceptors (Lipinski definition) is 4. The predicted octanol–water partition coefficient (Wildman–Crippen LogP) is 3.03. The lowest BCUT2D eigenvalue weighted by Crippen LogP contribution is -2.09. The average Bonchev–Trinajstić information content (AvgIpc) is 2.97. The molecule has 4 rings (SSSR count). The molecule has 1 aliphatic rings. The Hall–Kier alpha value is -3.30. The fraction of sp³-hybridized carbons (Fsp3) is 0.105. The third kappa shape index (κ3) is 2.42. The van der Waals surface area contributed by atoms with Crippen LogP contribution in [0.5, 0.6) is 0 Å². The molecule has 1 N–H and O–H groups in total. The minimum Gasteiger partial charge on any atom is -0.365 e. The highest BCUT2D eigenvalue weighted by atomic mass is 19.1. The molecule has 1 aromatic heterocycles. The number of nitrogens with zero attached hydrogens (tertiary/aromatic N) is 4. The Morgan fingerprint density at radius 3 is 2.76 bits per heavy atom. The van der Waals surface area contributed by atoms with Crippen molar-refractivity contribution >= 4 is 5.71 Å². The third-order valence-corrected chi connectivity index (χ3v) is 4.11.